The number of rotatable bonds is 5. The molecule has 0 aliphatic heterocycles. The van der Waals surface area contributed by atoms with Gasteiger partial charge in [-0.15, -0.1) is 0 Å². The number of H-pyrrole nitrogens is 1. The Kier molecular flexibility index (Phi) is 3.54. The molecular weight excluding hydrogens is 250 g/mol. The van der Waals surface area contributed by atoms with Crippen molar-refractivity contribution in [3.63, 3.8) is 0 Å². The summed E-state index contributed by atoms with van der Waals surface area (Å²) in [5.41, 5.74) is 1.08. The molecule has 2 N–H and O–H groups in total. The lowest BCUT2D eigenvalue weighted by molar-refractivity contribution is 0.225. The molecule has 0 radical (unpaired) electrons. The molecule has 0 saturated carbocycles. The molecule has 1 aromatic carbocycles. The Bertz CT molecular complexity index is 678. The Hall–Kier alpha value is -2.49. The van der Waals surface area contributed by atoms with Crippen molar-refractivity contribution < 1.29 is 4.74 Å². The molecule has 0 aliphatic rings. The van der Waals surface area contributed by atoms with E-state index >= 15 is 0 Å². The number of hydrogen-bond acceptors (Lipinski definition) is 3. The van der Waals surface area contributed by atoms with Crippen molar-refractivity contribution in [2.45, 2.75) is 19.6 Å². The van der Waals surface area contributed by atoms with E-state index in [-0.39, 0.29) is 6.23 Å². The van der Waals surface area contributed by atoms with E-state index in [1.54, 1.807) is 6.20 Å². The maximum Gasteiger partial charge on any atom is 0.170 e. The Morgan fingerprint density at radius 1 is 1.25 bits per heavy atom. The molecule has 2 aromatic heterocycles. The fourth-order valence-corrected chi connectivity index (χ4v) is 2.09. The summed E-state index contributed by atoms with van der Waals surface area (Å²) in [5, 5.41) is 4.46. The number of hydrogen-bond donors (Lipinski definition) is 2. The van der Waals surface area contributed by atoms with Crippen LogP contribution in [0.15, 0.2) is 54.9 Å². The van der Waals surface area contributed by atoms with E-state index < -0.39 is 0 Å². The predicted octanol–water partition coefficient (Wildman–Crippen LogP) is 3.79. The molecule has 0 bridgehead atoms. The van der Waals surface area contributed by atoms with Gasteiger partial charge in [0.2, 0.25) is 0 Å². The number of nitrogens with one attached hydrogen (secondary N) is 2. The van der Waals surface area contributed by atoms with Crippen molar-refractivity contribution in [2.24, 2.45) is 0 Å². The third-order valence-electron chi connectivity index (χ3n) is 3.15. The first-order valence-electron chi connectivity index (χ1n) is 6.76. The largest absolute Gasteiger partial charge is 0.471 e. The summed E-state index contributed by atoms with van der Waals surface area (Å²) in [5.74, 6) is 1.66. The molecule has 0 amide bonds. The Balaban J connectivity index is 1.73. The number of ether oxygens (including phenoxy) is 1. The Labute approximate surface area is 117 Å². The molecule has 3 rings (SSSR count). The van der Waals surface area contributed by atoms with Gasteiger partial charge in [0.15, 0.2) is 6.23 Å². The average molecular weight is 267 g/mol. The monoisotopic (exact) mass is 267 g/mol. The summed E-state index contributed by atoms with van der Waals surface area (Å²) in [6.45, 7) is 2.08. The minimum atomic E-state index is -0.0997. The number of benzene rings is 1. The van der Waals surface area contributed by atoms with Crippen molar-refractivity contribution in [1.29, 1.82) is 0 Å². The van der Waals surface area contributed by atoms with Crippen LogP contribution in [0.5, 0.6) is 5.75 Å². The van der Waals surface area contributed by atoms with E-state index in [4.69, 9.17) is 4.74 Å². The molecule has 1 atom stereocenters. The minimum Gasteiger partial charge on any atom is -0.471 e. The van der Waals surface area contributed by atoms with E-state index in [9.17, 15) is 0 Å². The zero-order valence-electron chi connectivity index (χ0n) is 11.3. The SMILES string of the molecule is CCC(Nc1ccccn1)Oc1ccc2cc[nH]c2c1. The van der Waals surface area contributed by atoms with Crippen LogP contribution in [0.4, 0.5) is 5.82 Å². The molecule has 0 saturated heterocycles. The van der Waals surface area contributed by atoms with Gasteiger partial charge in [-0.2, -0.15) is 0 Å². The van der Waals surface area contributed by atoms with Gasteiger partial charge in [0, 0.05) is 30.4 Å². The summed E-state index contributed by atoms with van der Waals surface area (Å²) in [6, 6.07) is 13.9. The molecule has 20 heavy (non-hydrogen) atoms. The lowest BCUT2D eigenvalue weighted by Crippen LogP contribution is -2.25. The molecule has 4 nitrogen and oxygen atoms in total. The van der Waals surface area contributed by atoms with Crippen LogP contribution in [0, 0.1) is 0 Å². The van der Waals surface area contributed by atoms with E-state index in [0.29, 0.717) is 0 Å². The lowest BCUT2D eigenvalue weighted by Gasteiger charge is -2.19. The molecule has 102 valence electrons. The Morgan fingerprint density at radius 3 is 3.00 bits per heavy atom. The maximum atomic E-state index is 5.97. The molecule has 3 aromatic rings. The standard InChI is InChI=1S/C16H17N3O/c1-2-16(19-15-5-3-4-9-18-15)20-13-7-6-12-8-10-17-14(12)11-13/h3-11,16-17H,2H2,1H3,(H,18,19). The molecular formula is C16H17N3O. The van der Waals surface area contributed by atoms with E-state index in [1.807, 2.05) is 42.6 Å². The zero-order chi connectivity index (χ0) is 13.8. The molecule has 1 unspecified atom stereocenters. The van der Waals surface area contributed by atoms with Gasteiger partial charge in [0.05, 0.1) is 0 Å². The van der Waals surface area contributed by atoms with Crippen LogP contribution in [-0.2, 0) is 0 Å². The third kappa shape index (κ3) is 2.74. The highest BCUT2D eigenvalue weighted by atomic mass is 16.5. The first-order chi connectivity index (χ1) is 9.85. The van der Waals surface area contributed by atoms with E-state index in [2.05, 4.69) is 28.3 Å². The van der Waals surface area contributed by atoms with Gasteiger partial charge in [-0.1, -0.05) is 13.0 Å². The highest BCUT2D eigenvalue weighted by Gasteiger charge is 2.08. The second-order valence-electron chi connectivity index (χ2n) is 4.60. The summed E-state index contributed by atoms with van der Waals surface area (Å²) < 4.78 is 5.97. The lowest BCUT2D eigenvalue weighted by atomic mass is 10.2. The minimum absolute atomic E-state index is 0.0997. The quantitative estimate of drug-likeness (QED) is 0.691. The second-order valence-corrected chi connectivity index (χ2v) is 4.60. The highest BCUT2D eigenvalue weighted by Crippen LogP contribution is 2.21. The third-order valence-corrected chi connectivity index (χ3v) is 3.15. The Morgan fingerprint density at radius 2 is 2.20 bits per heavy atom. The first-order valence-corrected chi connectivity index (χ1v) is 6.76. The van der Waals surface area contributed by atoms with Crippen molar-refractivity contribution >= 4 is 16.7 Å². The van der Waals surface area contributed by atoms with Gasteiger partial charge < -0.3 is 15.0 Å². The topological polar surface area (TPSA) is 49.9 Å². The van der Waals surface area contributed by atoms with Crippen molar-refractivity contribution in [3.8, 4) is 5.75 Å². The maximum absolute atomic E-state index is 5.97. The number of nitrogens with zero attached hydrogens (tertiary/aromatic N) is 1. The molecule has 4 heteroatoms. The van der Waals surface area contributed by atoms with Crippen LogP contribution >= 0.6 is 0 Å². The van der Waals surface area contributed by atoms with Crippen LogP contribution in [0.1, 0.15) is 13.3 Å². The van der Waals surface area contributed by atoms with Crippen LogP contribution in [0.25, 0.3) is 10.9 Å². The van der Waals surface area contributed by atoms with Crippen LogP contribution < -0.4 is 10.1 Å². The van der Waals surface area contributed by atoms with Crippen molar-refractivity contribution in [3.05, 3.63) is 54.9 Å². The fraction of sp³-hybridized carbons (Fsp3) is 0.188. The van der Waals surface area contributed by atoms with Crippen LogP contribution in [-0.4, -0.2) is 16.2 Å². The molecule has 0 aliphatic carbocycles. The van der Waals surface area contributed by atoms with Crippen molar-refractivity contribution in [2.75, 3.05) is 5.32 Å². The smallest absolute Gasteiger partial charge is 0.170 e. The van der Waals surface area contributed by atoms with Crippen LogP contribution in [0.2, 0.25) is 0 Å². The van der Waals surface area contributed by atoms with Gasteiger partial charge in [-0.25, -0.2) is 4.98 Å². The summed E-state index contributed by atoms with van der Waals surface area (Å²) in [7, 11) is 0. The zero-order valence-corrected chi connectivity index (χ0v) is 11.3. The van der Waals surface area contributed by atoms with E-state index in [1.165, 1.54) is 5.39 Å². The normalized spacial score (nSPS) is 12.2. The van der Waals surface area contributed by atoms with Gasteiger partial charge in [-0.3, -0.25) is 0 Å². The average Bonchev–Trinajstić information content (AvgIpc) is 2.95. The molecule has 2 heterocycles. The number of anilines is 1. The second kappa shape index (κ2) is 5.65. The summed E-state index contributed by atoms with van der Waals surface area (Å²) >= 11 is 0. The number of aromatic nitrogens is 2. The summed E-state index contributed by atoms with van der Waals surface area (Å²) in [6.07, 6.45) is 4.44. The number of aromatic amines is 1. The molecule has 0 fully saturated rings. The van der Waals surface area contributed by atoms with E-state index in [0.717, 1.165) is 23.5 Å². The molecule has 0 spiro atoms. The number of fused-ring (bicyclic) bond motifs is 1. The highest BCUT2D eigenvalue weighted by molar-refractivity contribution is 5.80. The van der Waals surface area contributed by atoms with Crippen molar-refractivity contribution in [1.82, 2.24) is 9.97 Å². The number of pyridine rings is 1. The predicted molar refractivity (Wildman–Crippen MR) is 80.9 cm³/mol. The van der Waals surface area contributed by atoms with Gasteiger partial charge >= 0.3 is 0 Å². The van der Waals surface area contributed by atoms with Gasteiger partial charge in [0.25, 0.3) is 0 Å². The first kappa shape index (κ1) is 12.5. The fourth-order valence-electron chi connectivity index (χ4n) is 2.09. The summed E-state index contributed by atoms with van der Waals surface area (Å²) in [4.78, 5) is 7.44. The van der Waals surface area contributed by atoms with Crippen LogP contribution in [0.3, 0.4) is 0 Å². The van der Waals surface area contributed by atoms with Gasteiger partial charge in [-0.05, 0) is 35.7 Å². The van der Waals surface area contributed by atoms with Gasteiger partial charge in [0.1, 0.15) is 11.6 Å².